The first-order valence-electron chi connectivity index (χ1n) is 7.90. The lowest BCUT2D eigenvalue weighted by molar-refractivity contribution is 0.326. The minimum absolute atomic E-state index is 0.373. The summed E-state index contributed by atoms with van der Waals surface area (Å²) in [4.78, 5) is 0. The summed E-state index contributed by atoms with van der Waals surface area (Å²) in [6, 6.07) is 6.30. The number of benzene rings is 1. The van der Waals surface area contributed by atoms with Gasteiger partial charge >= 0.3 is 0 Å². The van der Waals surface area contributed by atoms with Crippen LogP contribution in [-0.2, 0) is 0 Å². The highest BCUT2D eigenvalue weighted by Crippen LogP contribution is 2.37. The van der Waals surface area contributed by atoms with Crippen LogP contribution in [0.4, 0.5) is 0 Å². The Hall–Kier alpha value is -0.240. The summed E-state index contributed by atoms with van der Waals surface area (Å²) in [6.07, 6.45) is 9.21. The molecule has 0 aromatic heterocycles. The molecule has 0 saturated heterocycles. The minimum atomic E-state index is 0.373. The van der Waals surface area contributed by atoms with Crippen molar-refractivity contribution in [3.05, 3.63) is 33.8 Å². The van der Waals surface area contributed by atoms with Crippen molar-refractivity contribution in [2.24, 2.45) is 5.92 Å². The molecule has 20 heavy (non-hydrogen) atoms. The van der Waals surface area contributed by atoms with Crippen molar-refractivity contribution in [3.63, 3.8) is 0 Å². The minimum Gasteiger partial charge on any atom is -0.310 e. The van der Waals surface area contributed by atoms with Gasteiger partial charge in [-0.1, -0.05) is 61.9 Å². The Balaban J connectivity index is 2.20. The quantitative estimate of drug-likeness (QED) is 0.657. The van der Waals surface area contributed by atoms with Crippen molar-refractivity contribution in [1.82, 2.24) is 5.32 Å². The Bertz CT molecular complexity index is 411. The van der Waals surface area contributed by atoms with E-state index in [-0.39, 0.29) is 0 Å². The van der Waals surface area contributed by atoms with E-state index in [2.05, 4.69) is 18.3 Å². The van der Waals surface area contributed by atoms with Gasteiger partial charge in [0.05, 0.1) is 0 Å². The van der Waals surface area contributed by atoms with Crippen molar-refractivity contribution in [2.75, 3.05) is 6.54 Å². The lowest BCUT2D eigenvalue weighted by atomic mass is 9.87. The summed E-state index contributed by atoms with van der Waals surface area (Å²) in [5.41, 5.74) is 1.22. The van der Waals surface area contributed by atoms with E-state index in [9.17, 15) is 0 Å². The fourth-order valence-electron chi connectivity index (χ4n) is 3.23. The number of hydrogen-bond acceptors (Lipinski definition) is 1. The van der Waals surface area contributed by atoms with E-state index < -0.39 is 0 Å². The number of hydrogen-bond donors (Lipinski definition) is 1. The molecule has 0 amide bonds. The van der Waals surface area contributed by atoms with E-state index in [1.165, 1.54) is 44.1 Å². The van der Waals surface area contributed by atoms with E-state index in [0.717, 1.165) is 18.0 Å². The molecule has 1 aliphatic rings. The van der Waals surface area contributed by atoms with Gasteiger partial charge in [-0.2, -0.15) is 0 Å². The molecule has 112 valence electrons. The van der Waals surface area contributed by atoms with Crippen LogP contribution >= 0.6 is 23.2 Å². The maximum absolute atomic E-state index is 6.44. The van der Waals surface area contributed by atoms with Gasteiger partial charge in [-0.25, -0.2) is 0 Å². The third-order valence-electron chi connectivity index (χ3n) is 4.28. The van der Waals surface area contributed by atoms with Gasteiger partial charge in [0, 0.05) is 16.1 Å². The normalized spacial score (nSPS) is 18.8. The van der Waals surface area contributed by atoms with E-state index >= 15 is 0 Å². The van der Waals surface area contributed by atoms with Crippen molar-refractivity contribution in [2.45, 2.75) is 57.9 Å². The van der Waals surface area contributed by atoms with Crippen LogP contribution in [0.1, 0.15) is 63.5 Å². The number of halogens is 2. The molecular weight excluding hydrogens is 289 g/mol. The first-order valence-corrected chi connectivity index (χ1v) is 8.66. The summed E-state index contributed by atoms with van der Waals surface area (Å²) in [5.74, 6) is 0.697. The molecule has 0 aliphatic heterocycles. The van der Waals surface area contributed by atoms with Gasteiger partial charge in [0.2, 0.25) is 0 Å². The lowest BCUT2D eigenvalue weighted by Crippen LogP contribution is -2.29. The smallest absolute Gasteiger partial charge is 0.0468 e. The standard InChI is InChI=1S/C17H25Cl2N/c1-2-11-20-17(13-7-5-3-4-6-8-13)15-10-9-14(18)12-16(15)19/h9-10,12-13,17,20H,2-8,11H2,1H3. The SMILES string of the molecule is CCCNC(c1ccc(Cl)cc1Cl)C1CCCCCC1. The van der Waals surface area contributed by atoms with Gasteiger partial charge in [0.1, 0.15) is 0 Å². The second-order valence-electron chi connectivity index (χ2n) is 5.85. The molecule has 1 aromatic carbocycles. The summed E-state index contributed by atoms with van der Waals surface area (Å²) in [6.45, 7) is 3.25. The van der Waals surface area contributed by atoms with Gasteiger partial charge in [0.15, 0.2) is 0 Å². The van der Waals surface area contributed by atoms with E-state index in [1.54, 1.807) is 0 Å². The summed E-state index contributed by atoms with van der Waals surface area (Å²) < 4.78 is 0. The Kier molecular flexibility index (Phi) is 6.67. The van der Waals surface area contributed by atoms with E-state index in [4.69, 9.17) is 23.2 Å². The highest BCUT2D eigenvalue weighted by Gasteiger charge is 2.25. The van der Waals surface area contributed by atoms with Crippen molar-refractivity contribution < 1.29 is 0 Å². The van der Waals surface area contributed by atoms with Crippen LogP contribution in [0.3, 0.4) is 0 Å². The molecule has 1 nitrogen and oxygen atoms in total. The maximum Gasteiger partial charge on any atom is 0.0468 e. The van der Waals surface area contributed by atoms with E-state index in [1.807, 2.05) is 12.1 Å². The molecule has 1 aliphatic carbocycles. The van der Waals surface area contributed by atoms with Crippen LogP contribution < -0.4 is 5.32 Å². The largest absolute Gasteiger partial charge is 0.310 e. The molecule has 0 spiro atoms. The van der Waals surface area contributed by atoms with Gasteiger partial charge in [0.25, 0.3) is 0 Å². The topological polar surface area (TPSA) is 12.0 Å². The predicted octanol–water partition coefficient (Wildman–Crippen LogP) is 6.00. The van der Waals surface area contributed by atoms with Crippen LogP contribution in [0.15, 0.2) is 18.2 Å². The van der Waals surface area contributed by atoms with Gasteiger partial charge in [-0.15, -0.1) is 0 Å². The average molecular weight is 314 g/mol. The molecule has 2 rings (SSSR count). The molecule has 0 heterocycles. The van der Waals surface area contributed by atoms with Crippen LogP contribution in [0.5, 0.6) is 0 Å². The first-order chi connectivity index (χ1) is 9.72. The molecule has 1 atom stereocenters. The first kappa shape index (κ1) is 16.1. The average Bonchev–Trinajstić information content (AvgIpc) is 2.70. The Labute approximate surface area is 133 Å². The molecule has 0 bridgehead atoms. The van der Waals surface area contributed by atoms with E-state index in [0.29, 0.717) is 17.0 Å². The number of nitrogens with one attached hydrogen (secondary N) is 1. The zero-order valence-corrected chi connectivity index (χ0v) is 13.8. The third kappa shape index (κ3) is 4.38. The molecule has 1 saturated carbocycles. The Morgan fingerprint density at radius 2 is 1.85 bits per heavy atom. The van der Waals surface area contributed by atoms with Crippen LogP contribution in [0.2, 0.25) is 10.0 Å². The molecule has 1 unspecified atom stereocenters. The van der Waals surface area contributed by atoms with Crippen molar-refractivity contribution in [1.29, 1.82) is 0 Å². The molecule has 1 fully saturated rings. The molecular formula is C17H25Cl2N. The highest BCUT2D eigenvalue weighted by atomic mass is 35.5. The Morgan fingerprint density at radius 1 is 1.15 bits per heavy atom. The summed E-state index contributed by atoms with van der Waals surface area (Å²) in [7, 11) is 0. The fourth-order valence-corrected chi connectivity index (χ4v) is 3.75. The number of rotatable bonds is 5. The zero-order chi connectivity index (χ0) is 14.4. The van der Waals surface area contributed by atoms with Crippen LogP contribution in [0.25, 0.3) is 0 Å². The zero-order valence-electron chi connectivity index (χ0n) is 12.3. The molecule has 1 aromatic rings. The fraction of sp³-hybridized carbons (Fsp3) is 0.647. The highest BCUT2D eigenvalue weighted by molar-refractivity contribution is 6.35. The summed E-state index contributed by atoms with van der Waals surface area (Å²) in [5, 5.41) is 5.23. The van der Waals surface area contributed by atoms with Gasteiger partial charge < -0.3 is 5.32 Å². The lowest BCUT2D eigenvalue weighted by Gasteiger charge is -2.28. The van der Waals surface area contributed by atoms with Crippen LogP contribution in [0, 0.1) is 5.92 Å². The second-order valence-corrected chi connectivity index (χ2v) is 6.69. The monoisotopic (exact) mass is 313 g/mol. The summed E-state index contributed by atoms with van der Waals surface area (Å²) >= 11 is 12.5. The third-order valence-corrected chi connectivity index (χ3v) is 4.85. The van der Waals surface area contributed by atoms with Crippen molar-refractivity contribution >= 4 is 23.2 Å². The van der Waals surface area contributed by atoms with Crippen molar-refractivity contribution in [3.8, 4) is 0 Å². The van der Waals surface area contributed by atoms with Gasteiger partial charge in [-0.3, -0.25) is 0 Å². The van der Waals surface area contributed by atoms with Gasteiger partial charge in [-0.05, 0) is 49.4 Å². The molecule has 3 heteroatoms. The van der Waals surface area contributed by atoms with Crippen LogP contribution in [-0.4, -0.2) is 6.54 Å². The molecule has 0 radical (unpaired) electrons. The predicted molar refractivity (Wildman–Crippen MR) is 88.7 cm³/mol. The Morgan fingerprint density at radius 3 is 2.45 bits per heavy atom. The maximum atomic E-state index is 6.44. The molecule has 1 N–H and O–H groups in total. The second kappa shape index (κ2) is 8.26.